The second-order valence-electron chi connectivity index (χ2n) is 1.94. The van der Waals surface area contributed by atoms with Gasteiger partial charge in [0, 0.05) is 29.5 Å². The first-order valence-electron chi connectivity index (χ1n) is 2.84. The van der Waals surface area contributed by atoms with Gasteiger partial charge in [-0.3, -0.25) is 4.98 Å². The molecule has 0 bridgehead atoms. The van der Waals surface area contributed by atoms with E-state index in [4.69, 9.17) is 0 Å². The molecule has 0 aromatic carbocycles. The standard InChI is InChI=1S/C7H6N2.2ClH/c1-4-9-7-2-3-8-5-6(1)7;;/h1-5,9H;2*1H. The maximum absolute atomic E-state index is 3.97. The monoisotopic (exact) mass is 190 g/mol. The highest BCUT2D eigenvalue weighted by molar-refractivity contribution is 5.85. The summed E-state index contributed by atoms with van der Waals surface area (Å²) in [7, 11) is 0. The molecule has 0 aliphatic carbocycles. The van der Waals surface area contributed by atoms with Gasteiger partial charge in [-0.15, -0.1) is 24.8 Å². The molecule has 0 aliphatic heterocycles. The number of rotatable bonds is 0. The third kappa shape index (κ3) is 1.85. The van der Waals surface area contributed by atoms with Crippen molar-refractivity contribution in [3.8, 4) is 0 Å². The summed E-state index contributed by atoms with van der Waals surface area (Å²) in [5, 5.41) is 1.16. The molecule has 0 fully saturated rings. The molecule has 4 heteroatoms. The van der Waals surface area contributed by atoms with Crippen molar-refractivity contribution < 1.29 is 0 Å². The molecular weight excluding hydrogens is 183 g/mol. The van der Waals surface area contributed by atoms with Crippen molar-refractivity contribution in [1.29, 1.82) is 0 Å². The van der Waals surface area contributed by atoms with Crippen LogP contribution in [0.25, 0.3) is 10.9 Å². The third-order valence-corrected chi connectivity index (χ3v) is 1.35. The summed E-state index contributed by atoms with van der Waals surface area (Å²) in [5.74, 6) is 0. The van der Waals surface area contributed by atoms with E-state index in [0.29, 0.717) is 0 Å². The van der Waals surface area contributed by atoms with Gasteiger partial charge in [0.25, 0.3) is 0 Å². The molecule has 11 heavy (non-hydrogen) atoms. The van der Waals surface area contributed by atoms with Crippen molar-refractivity contribution in [2.75, 3.05) is 0 Å². The number of fused-ring (bicyclic) bond motifs is 1. The van der Waals surface area contributed by atoms with Gasteiger partial charge in [0.1, 0.15) is 0 Å². The topological polar surface area (TPSA) is 28.7 Å². The largest absolute Gasteiger partial charge is 0.361 e. The van der Waals surface area contributed by atoms with Crippen LogP contribution in [0.5, 0.6) is 0 Å². The summed E-state index contributed by atoms with van der Waals surface area (Å²) in [4.78, 5) is 7.04. The second-order valence-corrected chi connectivity index (χ2v) is 1.94. The molecule has 60 valence electrons. The highest BCUT2D eigenvalue weighted by Crippen LogP contribution is 2.07. The predicted molar refractivity (Wildman–Crippen MR) is 50.6 cm³/mol. The summed E-state index contributed by atoms with van der Waals surface area (Å²) in [6.45, 7) is 0. The third-order valence-electron chi connectivity index (χ3n) is 1.35. The Morgan fingerprint density at radius 3 is 2.73 bits per heavy atom. The Hall–Kier alpha value is -0.730. The molecule has 0 atom stereocenters. The maximum Gasteiger partial charge on any atom is 0.0484 e. The van der Waals surface area contributed by atoms with Gasteiger partial charge in [0.2, 0.25) is 0 Å². The van der Waals surface area contributed by atoms with Gasteiger partial charge in [-0.25, -0.2) is 0 Å². The normalized spacial score (nSPS) is 8.36. The van der Waals surface area contributed by atoms with Crippen LogP contribution in [0.2, 0.25) is 0 Å². The SMILES string of the molecule is Cl.Cl.c1cc2[nH]ccc2cn1. The Morgan fingerprint density at radius 1 is 1.18 bits per heavy atom. The van der Waals surface area contributed by atoms with Crippen LogP contribution in [0.15, 0.2) is 30.7 Å². The molecule has 2 heterocycles. The van der Waals surface area contributed by atoms with Crippen LogP contribution in [0.4, 0.5) is 0 Å². The molecule has 0 aliphatic rings. The lowest BCUT2D eigenvalue weighted by Crippen LogP contribution is -1.67. The van der Waals surface area contributed by atoms with Gasteiger partial charge in [0.05, 0.1) is 0 Å². The molecule has 0 unspecified atom stereocenters. The Kier molecular flexibility index (Phi) is 3.93. The van der Waals surface area contributed by atoms with Crippen LogP contribution in [0.1, 0.15) is 0 Å². The van der Waals surface area contributed by atoms with Crippen LogP contribution in [-0.2, 0) is 0 Å². The number of pyridine rings is 1. The summed E-state index contributed by atoms with van der Waals surface area (Å²) >= 11 is 0. The number of hydrogen-bond acceptors (Lipinski definition) is 1. The van der Waals surface area contributed by atoms with Crippen LogP contribution >= 0.6 is 24.8 Å². The minimum atomic E-state index is 0. The molecular formula is C7H8Cl2N2. The van der Waals surface area contributed by atoms with E-state index in [1.807, 2.05) is 24.5 Å². The Labute approximate surface area is 76.8 Å². The van der Waals surface area contributed by atoms with Crippen LogP contribution in [0.3, 0.4) is 0 Å². The average Bonchev–Trinajstić information content (AvgIpc) is 2.33. The zero-order valence-electron chi connectivity index (χ0n) is 5.65. The van der Waals surface area contributed by atoms with Crippen LogP contribution < -0.4 is 0 Å². The number of hydrogen-bond donors (Lipinski definition) is 1. The molecule has 0 spiro atoms. The molecule has 2 aromatic rings. The summed E-state index contributed by atoms with van der Waals surface area (Å²) in [5.41, 5.74) is 1.14. The van der Waals surface area contributed by atoms with E-state index >= 15 is 0 Å². The lowest BCUT2D eigenvalue weighted by molar-refractivity contribution is 1.36. The molecule has 1 N–H and O–H groups in total. The number of H-pyrrole nitrogens is 1. The number of nitrogens with zero attached hydrogens (tertiary/aromatic N) is 1. The smallest absolute Gasteiger partial charge is 0.0484 e. The van der Waals surface area contributed by atoms with Crippen molar-refractivity contribution in [2.45, 2.75) is 0 Å². The molecule has 0 amide bonds. The Balaban J connectivity index is 0.000000500. The van der Waals surface area contributed by atoms with Crippen molar-refractivity contribution in [2.24, 2.45) is 0 Å². The van der Waals surface area contributed by atoms with E-state index < -0.39 is 0 Å². The van der Waals surface area contributed by atoms with E-state index in [1.54, 1.807) is 6.20 Å². The first-order valence-corrected chi connectivity index (χ1v) is 2.84. The van der Waals surface area contributed by atoms with Gasteiger partial charge in [-0.1, -0.05) is 0 Å². The Morgan fingerprint density at radius 2 is 2.00 bits per heavy atom. The molecule has 0 saturated carbocycles. The van der Waals surface area contributed by atoms with Crippen molar-refractivity contribution >= 4 is 35.7 Å². The second kappa shape index (κ2) is 4.21. The zero-order chi connectivity index (χ0) is 6.10. The van der Waals surface area contributed by atoms with Gasteiger partial charge in [-0.2, -0.15) is 0 Å². The van der Waals surface area contributed by atoms with E-state index in [-0.39, 0.29) is 24.8 Å². The number of aromatic amines is 1. The maximum atomic E-state index is 3.97. The minimum Gasteiger partial charge on any atom is -0.361 e. The number of aromatic nitrogens is 2. The van der Waals surface area contributed by atoms with Gasteiger partial charge in [-0.05, 0) is 12.1 Å². The fourth-order valence-corrected chi connectivity index (χ4v) is 0.892. The molecule has 2 nitrogen and oxygen atoms in total. The van der Waals surface area contributed by atoms with Gasteiger partial charge < -0.3 is 4.98 Å². The lowest BCUT2D eigenvalue weighted by Gasteiger charge is -1.82. The minimum absolute atomic E-state index is 0. The van der Waals surface area contributed by atoms with E-state index in [1.165, 1.54) is 0 Å². The van der Waals surface area contributed by atoms with E-state index in [9.17, 15) is 0 Å². The van der Waals surface area contributed by atoms with Gasteiger partial charge in [0.15, 0.2) is 0 Å². The Bertz CT molecular complexity index is 288. The molecule has 2 rings (SSSR count). The van der Waals surface area contributed by atoms with Crippen molar-refractivity contribution in [3.63, 3.8) is 0 Å². The summed E-state index contributed by atoms with van der Waals surface area (Å²) < 4.78 is 0. The van der Waals surface area contributed by atoms with Crippen LogP contribution in [0, 0.1) is 0 Å². The van der Waals surface area contributed by atoms with Gasteiger partial charge >= 0.3 is 0 Å². The summed E-state index contributed by atoms with van der Waals surface area (Å²) in [6.07, 6.45) is 5.52. The lowest BCUT2D eigenvalue weighted by atomic mass is 10.3. The highest BCUT2D eigenvalue weighted by Gasteiger charge is 1.87. The van der Waals surface area contributed by atoms with E-state index in [0.717, 1.165) is 10.9 Å². The number of nitrogens with one attached hydrogen (secondary N) is 1. The first kappa shape index (κ1) is 10.3. The molecule has 0 radical (unpaired) electrons. The quantitative estimate of drug-likeness (QED) is 0.680. The fraction of sp³-hybridized carbons (Fsp3) is 0. The average molecular weight is 191 g/mol. The molecule has 0 saturated heterocycles. The van der Waals surface area contributed by atoms with E-state index in [2.05, 4.69) is 9.97 Å². The predicted octanol–water partition coefficient (Wildman–Crippen LogP) is 2.41. The zero-order valence-corrected chi connectivity index (χ0v) is 7.28. The summed E-state index contributed by atoms with van der Waals surface area (Å²) in [6, 6.07) is 3.96. The molecule has 2 aromatic heterocycles. The number of halogens is 2. The van der Waals surface area contributed by atoms with Crippen LogP contribution in [-0.4, -0.2) is 9.97 Å². The van der Waals surface area contributed by atoms with Crippen molar-refractivity contribution in [1.82, 2.24) is 9.97 Å². The highest BCUT2D eigenvalue weighted by atomic mass is 35.5. The van der Waals surface area contributed by atoms with Crippen molar-refractivity contribution in [3.05, 3.63) is 30.7 Å². The first-order chi connectivity index (χ1) is 4.47. The fourth-order valence-electron chi connectivity index (χ4n) is 0.892.